The van der Waals surface area contributed by atoms with E-state index in [0.29, 0.717) is 41.5 Å². The number of hydrogen-bond donors (Lipinski definition) is 1. The number of rotatable bonds is 8. The third-order valence-corrected chi connectivity index (χ3v) is 7.99. The molecule has 214 valence electrons. The lowest BCUT2D eigenvalue weighted by Gasteiger charge is -2.36. The molecule has 1 atom stereocenters. The molecule has 5 aromatic rings. The smallest absolute Gasteiger partial charge is 0.330 e. The molecule has 1 aromatic carbocycles. The Morgan fingerprint density at radius 1 is 1.05 bits per heavy atom. The first-order chi connectivity index (χ1) is 20.0. The van der Waals surface area contributed by atoms with Crippen LogP contribution in [0, 0.1) is 0 Å². The molecule has 0 spiro atoms. The van der Waals surface area contributed by atoms with Gasteiger partial charge in [0.15, 0.2) is 17.1 Å². The molecule has 13 nitrogen and oxygen atoms in total. The topological polar surface area (TPSA) is 134 Å². The van der Waals surface area contributed by atoms with Crippen molar-refractivity contribution in [3.63, 3.8) is 0 Å². The molecular formula is C28H33N9O4. The molecule has 4 aromatic heterocycles. The molecule has 41 heavy (non-hydrogen) atoms. The van der Waals surface area contributed by atoms with Crippen LogP contribution in [0.1, 0.15) is 12.8 Å². The van der Waals surface area contributed by atoms with Gasteiger partial charge >= 0.3 is 5.69 Å². The first-order valence-corrected chi connectivity index (χ1v) is 14.0. The average Bonchev–Trinajstić information content (AvgIpc) is 3.80. The van der Waals surface area contributed by atoms with Crippen LogP contribution in [0.15, 0.2) is 51.9 Å². The number of piperazine rings is 1. The van der Waals surface area contributed by atoms with Gasteiger partial charge in [0.2, 0.25) is 11.8 Å². The second kappa shape index (κ2) is 10.6. The Kier molecular flexibility index (Phi) is 6.59. The van der Waals surface area contributed by atoms with Crippen LogP contribution >= 0.6 is 0 Å². The van der Waals surface area contributed by atoms with E-state index in [1.54, 1.807) is 34.6 Å². The number of anilines is 2. The Morgan fingerprint density at radius 3 is 2.61 bits per heavy atom. The quantitative estimate of drug-likeness (QED) is 0.301. The molecule has 6 heterocycles. The summed E-state index contributed by atoms with van der Waals surface area (Å²) >= 11 is 0. The summed E-state index contributed by atoms with van der Waals surface area (Å²) in [6.07, 6.45) is 3.96. The normalized spacial score (nSPS) is 18.2. The summed E-state index contributed by atoms with van der Waals surface area (Å²) in [7, 11) is 1.72. The van der Waals surface area contributed by atoms with E-state index < -0.39 is 0 Å². The van der Waals surface area contributed by atoms with Crippen LogP contribution in [-0.2, 0) is 18.3 Å². The van der Waals surface area contributed by atoms with Crippen molar-refractivity contribution >= 4 is 28.4 Å². The number of fused-ring (bicyclic) bond motifs is 3. The summed E-state index contributed by atoms with van der Waals surface area (Å²) in [6, 6.07) is 11.8. The Hall–Kier alpha value is -4.36. The van der Waals surface area contributed by atoms with Crippen LogP contribution in [0.4, 0.5) is 11.6 Å². The van der Waals surface area contributed by atoms with E-state index in [1.807, 2.05) is 12.1 Å². The van der Waals surface area contributed by atoms with E-state index in [1.165, 1.54) is 10.2 Å². The van der Waals surface area contributed by atoms with Crippen molar-refractivity contribution in [3.05, 3.63) is 53.1 Å². The number of furan rings is 1. The fraction of sp³-hybridized carbons (Fsp3) is 0.429. The van der Waals surface area contributed by atoms with E-state index in [-0.39, 0.29) is 17.7 Å². The molecule has 1 unspecified atom stereocenters. The van der Waals surface area contributed by atoms with Gasteiger partial charge in [0.25, 0.3) is 0 Å². The average molecular weight is 560 g/mol. The lowest BCUT2D eigenvalue weighted by molar-refractivity contribution is 0.0679. The molecule has 0 radical (unpaired) electrons. The van der Waals surface area contributed by atoms with Gasteiger partial charge in [-0.05, 0) is 49.2 Å². The molecule has 2 saturated heterocycles. The number of nitrogens with two attached hydrogens (primary N) is 1. The molecule has 2 aliphatic rings. The third-order valence-electron chi connectivity index (χ3n) is 7.99. The molecular weight excluding hydrogens is 526 g/mol. The maximum absolute atomic E-state index is 13.3. The van der Waals surface area contributed by atoms with Crippen molar-refractivity contribution in [2.45, 2.75) is 25.5 Å². The molecule has 2 N–H and O–H groups in total. The molecule has 0 saturated carbocycles. The third kappa shape index (κ3) is 4.80. The summed E-state index contributed by atoms with van der Waals surface area (Å²) in [5.41, 5.74) is 8.82. The molecule has 0 amide bonds. The van der Waals surface area contributed by atoms with Crippen molar-refractivity contribution in [2.24, 2.45) is 7.05 Å². The predicted octanol–water partition coefficient (Wildman–Crippen LogP) is 2.00. The zero-order valence-corrected chi connectivity index (χ0v) is 23.0. The van der Waals surface area contributed by atoms with Crippen LogP contribution in [0.2, 0.25) is 0 Å². The fourth-order valence-electron chi connectivity index (χ4n) is 5.69. The van der Waals surface area contributed by atoms with Crippen molar-refractivity contribution in [1.82, 2.24) is 33.6 Å². The number of imidazole rings is 1. The van der Waals surface area contributed by atoms with Gasteiger partial charge in [0, 0.05) is 58.6 Å². The zero-order valence-electron chi connectivity index (χ0n) is 23.0. The number of nitrogen functional groups attached to an aromatic ring is 1. The number of nitrogens with zero attached hydrogens (tertiary/aromatic N) is 8. The van der Waals surface area contributed by atoms with Crippen LogP contribution in [0.25, 0.3) is 28.4 Å². The van der Waals surface area contributed by atoms with Gasteiger partial charge in [0.05, 0.1) is 12.4 Å². The molecule has 2 fully saturated rings. The number of hydrogen-bond acceptors (Lipinski definition) is 10. The first kappa shape index (κ1) is 25.6. The van der Waals surface area contributed by atoms with Gasteiger partial charge in [-0.15, -0.1) is 5.10 Å². The minimum absolute atomic E-state index is 0.161. The Balaban J connectivity index is 1.01. The number of ether oxygens (including phenoxy) is 2. The second-order valence-electron chi connectivity index (χ2n) is 10.6. The predicted molar refractivity (Wildman–Crippen MR) is 153 cm³/mol. The summed E-state index contributed by atoms with van der Waals surface area (Å²) < 4.78 is 21.7. The number of benzene rings is 1. The van der Waals surface area contributed by atoms with E-state index >= 15 is 0 Å². The van der Waals surface area contributed by atoms with Gasteiger partial charge < -0.3 is 24.5 Å². The monoisotopic (exact) mass is 559 g/mol. The first-order valence-electron chi connectivity index (χ1n) is 14.0. The highest BCUT2D eigenvalue weighted by atomic mass is 16.5. The van der Waals surface area contributed by atoms with Crippen LogP contribution < -0.4 is 21.1 Å². The van der Waals surface area contributed by atoms with Crippen molar-refractivity contribution in [1.29, 1.82) is 0 Å². The second-order valence-corrected chi connectivity index (χ2v) is 10.6. The Bertz CT molecular complexity index is 1710. The molecule has 0 aliphatic carbocycles. The highest BCUT2D eigenvalue weighted by Crippen LogP contribution is 2.24. The maximum atomic E-state index is 13.3. The van der Waals surface area contributed by atoms with Gasteiger partial charge in [-0.2, -0.15) is 9.50 Å². The SMILES string of the molecule is Cn1c(=O)n(CCN2CCN(c3ccc(OCC4CCCO4)cc3)CC2)c2nc(N)n3nc(-c4ccco4)nc3c21. The molecule has 2 aliphatic heterocycles. The molecule has 0 bridgehead atoms. The summed E-state index contributed by atoms with van der Waals surface area (Å²) in [6.45, 7) is 6.26. The summed E-state index contributed by atoms with van der Waals surface area (Å²) in [5, 5.41) is 4.44. The molecule has 7 rings (SSSR count). The zero-order chi connectivity index (χ0) is 27.9. The summed E-state index contributed by atoms with van der Waals surface area (Å²) in [4.78, 5) is 27.2. The largest absolute Gasteiger partial charge is 0.491 e. The van der Waals surface area contributed by atoms with Gasteiger partial charge in [-0.3, -0.25) is 14.0 Å². The summed E-state index contributed by atoms with van der Waals surface area (Å²) in [5.74, 6) is 1.94. The molecule has 13 heteroatoms. The van der Waals surface area contributed by atoms with E-state index in [0.717, 1.165) is 57.9 Å². The van der Waals surface area contributed by atoms with Crippen molar-refractivity contribution in [3.8, 4) is 17.3 Å². The van der Waals surface area contributed by atoms with Crippen molar-refractivity contribution < 1.29 is 13.9 Å². The van der Waals surface area contributed by atoms with Crippen molar-refractivity contribution in [2.75, 3.05) is 56.6 Å². The van der Waals surface area contributed by atoms with Gasteiger partial charge in [-0.1, -0.05) is 0 Å². The van der Waals surface area contributed by atoms with Crippen LogP contribution in [0.5, 0.6) is 5.75 Å². The highest BCUT2D eigenvalue weighted by molar-refractivity contribution is 5.88. The van der Waals surface area contributed by atoms with E-state index in [9.17, 15) is 4.79 Å². The minimum Gasteiger partial charge on any atom is -0.491 e. The van der Waals surface area contributed by atoms with Crippen LogP contribution in [0.3, 0.4) is 0 Å². The van der Waals surface area contributed by atoms with Gasteiger partial charge in [0.1, 0.15) is 17.9 Å². The Morgan fingerprint density at radius 2 is 1.88 bits per heavy atom. The Labute approximate surface area is 235 Å². The maximum Gasteiger partial charge on any atom is 0.330 e. The van der Waals surface area contributed by atoms with Gasteiger partial charge in [-0.25, -0.2) is 9.78 Å². The van der Waals surface area contributed by atoms with E-state index in [4.69, 9.17) is 19.6 Å². The standard InChI is InChI=1S/C28H33N9O4/c1-33-23-25(31-27(29)37-26(23)30-24(32-37)22-5-3-17-40-22)36(28(33)38)15-12-34-10-13-35(14-11-34)19-6-8-20(9-7-19)41-18-21-4-2-16-39-21/h3,5-9,17,21H,2,4,10-16,18H2,1H3,(H2,29,31). The lowest BCUT2D eigenvalue weighted by Crippen LogP contribution is -2.47. The minimum atomic E-state index is -0.164. The number of aromatic nitrogens is 6. The highest BCUT2D eigenvalue weighted by Gasteiger charge is 2.23. The lowest BCUT2D eigenvalue weighted by atomic mass is 10.2. The van der Waals surface area contributed by atoms with Crippen LogP contribution in [-0.4, -0.2) is 85.7 Å². The fourth-order valence-corrected chi connectivity index (χ4v) is 5.69. The number of aryl methyl sites for hydroxylation is 1. The van der Waals surface area contributed by atoms with E-state index in [2.05, 4.69) is 37.0 Å².